The van der Waals surface area contributed by atoms with Crippen molar-refractivity contribution in [3.63, 3.8) is 0 Å². The Morgan fingerprint density at radius 1 is 1.05 bits per heavy atom. The summed E-state index contributed by atoms with van der Waals surface area (Å²) in [6, 6.07) is 11.6. The number of anilines is 1. The largest absolute Gasteiger partial charge is 0.573 e. The lowest BCUT2D eigenvalue weighted by molar-refractivity contribution is -0.274. The minimum absolute atomic E-state index is 0.00263. The number of hydrazone groups is 1. The molecule has 0 saturated carbocycles. The first-order chi connectivity index (χ1) is 9.94. The van der Waals surface area contributed by atoms with Crippen LogP contribution in [-0.2, 0) is 0 Å². The van der Waals surface area contributed by atoms with E-state index in [1.807, 2.05) is 6.07 Å². The average Bonchev–Trinajstić information content (AvgIpc) is 2.41. The third-order valence-electron chi connectivity index (χ3n) is 2.37. The highest BCUT2D eigenvalue weighted by Gasteiger charge is 2.32. The van der Waals surface area contributed by atoms with Gasteiger partial charge in [-0.05, 0) is 24.3 Å². The molecule has 0 heterocycles. The molecular formula is C14H10F4N2O. The van der Waals surface area contributed by atoms with E-state index in [0.29, 0.717) is 11.8 Å². The van der Waals surface area contributed by atoms with Crippen molar-refractivity contribution in [2.24, 2.45) is 5.10 Å². The van der Waals surface area contributed by atoms with Crippen molar-refractivity contribution in [1.82, 2.24) is 0 Å². The maximum absolute atomic E-state index is 13.0. The number of nitrogens with one attached hydrogen (secondary N) is 1. The molecule has 2 rings (SSSR count). The lowest BCUT2D eigenvalue weighted by Gasteiger charge is -2.11. The molecule has 2 aromatic carbocycles. The van der Waals surface area contributed by atoms with Crippen molar-refractivity contribution in [3.05, 3.63) is 59.9 Å². The smallest absolute Gasteiger partial charge is 0.405 e. The van der Waals surface area contributed by atoms with Crippen molar-refractivity contribution >= 4 is 11.9 Å². The minimum atomic E-state index is -4.90. The molecule has 0 bridgehead atoms. The number of ether oxygens (including phenoxy) is 1. The fourth-order valence-electron chi connectivity index (χ4n) is 1.52. The van der Waals surface area contributed by atoms with Crippen LogP contribution in [-0.4, -0.2) is 12.6 Å². The molecule has 0 fully saturated rings. The average molecular weight is 298 g/mol. The lowest BCUT2D eigenvalue weighted by Crippen LogP contribution is -2.18. The lowest BCUT2D eigenvalue weighted by atomic mass is 10.2. The van der Waals surface area contributed by atoms with Gasteiger partial charge in [-0.3, -0.25) is 5.43 Å². The van der Waals surface area contributed by atoms with Gasteiger partial charge in [0.15, 0.2) is 0 Å². The van der Waals surface area contributed by atoms with Crippen LogP contribution in [0.2, 0.25) is 0 Å². The van der Waals surface area contributed by atoms with Crippen LogP contribution < -0.4 is 10.2 Å². The molecule has 0 aliphatic carbocycles. The van der Waals surface area contributed by atoms with Crippen LogP contribution in [0.1, 0.15) is 5.56 Å². The molecule has 0 radical (unpaired) electrons. The summed E-state index contributed by atoms with van der Waals surface area (Å²) in [4.78, 5) is 0. The molecule has 0 unspecified atom stereocenters. The van der Waals surface area contributed by atoms with Gasteiger partial charge in [-0.25, -0.2) is 4.39 Å². The van der Waals surface area contributed by atoms with Crippen LogP contribution in [0, 0.1) is 5.82 Å². The topological polar surface area (TPSA) is 33.6 Å². The predicted molar refractivity (Wildman–Crippen MR) is 70.7 cm³/mol. The van der Waals surface area contributed by atoms with Gasteiger partial charge < -0.3 is 4.74 Å². The number of para-hydroxylation sites is 1. The number of nitrogens with zero attached hydrogens (tertiary/aromatic N) is 1. The molecule has 0 aromatic heterocycles. The van der Waals surface area contributed by atoms with E-state index in [9.17, 15) is 17.6 Å². The van der Waals surface area contributed by atoms with Crippen LogP contribution >= 0.6 is 0 Å². The molecule has 0 saturated heterocycles. The second kappa shape index (κ2) is 6.25. The van der Waals surface area contributed by atoms with E-state index in [0.717, 1.165) is 18.3 Å². The Hall–Kier alpha value is -2.57. The highest BCUT2D eigenvalue weighted by molar-refractivity contribution is 5.84. The van der Waals surface area contributed by atoms with Crippen LogP contribution in [0.15, 0.2) is 53.6 Å². The Kier molecular flexibility index (Phi) is 4.42. The normalized spacial score (nSPS) is 11.6. The van der Waals surface area contributed by atoms with E-state index in [4.69, 9.17) is 0 Å². The van der Waals surface area contributed by atoms with Crippen LogP contribution in [0.5, 0.6) is 5.75 Å². The van der Waals surface area contributed by atoms with E-state index in [1.54, 1.807) is 24.3 Å². The van der Waals surface area contributed by atoms with E-state index in [-0.39, 0.29) is 5.56 Å². The van der Waals surface area contributed by atoms with Crippen molar-refractivity contribution in [2.75, 3.05) is 5.43 Å². The summed E-state index contributed by atoms with van der Waals surface area (Å²) in [5, 5.41) is 3.79. The maximum atomic E-state index is 13.0. The summed E-state index contributed by atoms with van der Waals surface area (Å²) in [6.07, 6.45) is -3.78. The molecule has 1 N–H and O–H groups in total. The van der Waals surface area contributed by atoms with Crippen LogP contribution in [0.4, 0.5) is 23.2 Å². The molecule has 0 atom stereocenters. The number of rotatable bonds is 4. The maximum Gasteiger partial charge on any atom is 0.573 e. The fraction of sp³-hybridized carbons (Fsp3) is 0.0714. The Morgan fingerprint density at radius 3 is 2.43 bits per heavy atom. The summed E-state index contributed by atoms with van der Waals surface area (Å²) in [7, 11) is 0. The Balaban J connectivity index is 2.15. The number of halogens is 4. The van der Waals surface area contributed by atoms with Gasteiger partial charge >= 0.3 is 6.36 Å². The van der Waals surface area contributed by atoms with Gasteiger partial charge in [-0.2, -0.15) is 5.10 Å². The molecule has 3 nitrogen and oxygen atoms in total. The minimum Gasteiger partial charge on any atom is -0.405 e. The number of hydrogen-bond donors (Lipinski definition) is 1. The van der Waals surface area contributed by atoms with Crippen molar-refractivity contribution < 1.29 is 22.3 Å². The highest BCUT2D eigenvalue weighted by Crippen LogP contribution is 2.26. The fourth-order valence-corrected chi connectivity index (χ4v) is 1.52. The standard InChI is InChI=1S/C14H10F4N2O/c15-11-7-6-10(13(8-11)21-14(16,17)18)9-19-20-12-4-2-1-3-5-12/h1-9,20H. The number of hydrogen-bond acceptors (Lipinski definition) is 3. The van der Waals surface area contributed by atoms with Crippen molar-refractivity contribution in [3.8, 4) is 5.75 Å². The van der Waals surface area contributed by atoms with Gasteiger partial charge in [0.2, 0.25) is 0 Å². The summed E-state index contributed by atoms with van der Waals surface area (Å²) in [6.45, 7) is 0. The van der Waals surface area contributed by atoms with E-state index >= 15 is 0 Å². The zero-order chi connectivity index (χ0) is 15.3. The molecule has 0 spiro atoms. The van der Waals surface area contributed by atoms with E-state index in [2.05, 4.69) is 15.3 Å². The quantitative estimate of drug-likeness (QED) is 0.522. The number of alkyl halides is 3. The van der Waals surface area contributed by atoms with Gasteiger partial charge in [0, 0.05) is 11.6 Å². The first-order valence-electron chi connectivity index (χ1n) is 5.83. The molecule has 21 heavy (non-hydrogen) atoms. The van der Waals surface area contributed by atoms with Crippen LogP contribution in [0.3, 0.4) is 0 Å². The van der Waals surface area contributed by atoms with Gasteiger partial charge in [0.25, 0.3) is 0 Å². The SMILES string of the molecule is Fc1ccc(C=NNc2ccccc2)c(OC(F)(F)F)c1. The van der Waals surface area contributed by atoms with Crippen molar-refractivity contribution in [2.45, 2.75) is 6.36 Å². The third-order valence-corrected chi connectivity index (χ3v) is 2.37. The zero-order valence-electron chi connectivity index (χ0n) is 10.6. The highest BCUT2D eigenvalue weighted by atomic mass is 19.4. The predicted octanol–water partition coefficient (Wildman–Crippen LogP) is 4.17. The molecule has 2 aromatic rings. The molecule has 7 heteroatoms. The number of benzene rings is 2. The summed E-state index contributed by atoms with van der Waals surface area (Å²) in [5.41, 5.74) is 3.30. The second-order valence-electron chi connectivity index (χ2n) is 3.97. The molecule has 0 amide bonds. The summed E-state index contributed by atoms with van der Waals surface area (Å²) >= 11 is 0. The first-order valence-corrected chi connectivity index (χ1v) is 5.83. The van der Waals surface area contributed by atoms with Crippen molar-refractivity contribution in [1.29, 1.82) is 0 Å². The Morgan fingerprint density at radius 2 is 1.76 bits per heavy atom. The first kappa shape index (κ1) is 14.8. The summed E-state index contributed by atoms with van der Waals surface area (Å²) in [5.74, 6) is -1.48. The second-order valence-corrected chi connectivity index (χ2v) is 3.97. The van der Waals surface area contributed by atoms with Gasteiger partial charge in [0.1, 0.15) is 11.6 Å². The Labute approximate surface area is 117 Å². The molecular weight excluding hydrogens is 288 g/mol. The van der Waals surface area contributed by atoms with Gasteiger partial charge in [-0.1, -0.05) is 18.2 Å². The van der Waals surface area contributed by atoms with Gasteiger partial charge in [-0.15, -0.1) is 13.2 Å². The van der Waals surface area contributed by atoms with E-state index in [1.165, 1.54) is 0 Å². The monoisotopic (exact) mass is 298 g/mol. The molecule has 0 aliphatic heterocycles. The Bertz CT molecular complexity index is 627. The van der Waals surface area contributed by atoms with E-state index < -0.39 is 17.9 Å². The summed E-state index contributed by atoms with van der Waals surface area (Å²) < 4.78 is 53.5. The zero-order valence-corrected chi connectivity index (χ0v) is 10.6. The van der Waals surface area contributed by atoms with Crippen LogP contribution in [0.25, 0.3) is 0 Å². The third kappa shape index (κ3) is 4.79. The molecule has 110 valence electrons. The van der Waals surface area contributed by atoms with Gasteiger partial charge in [0.05, 0.1) is 11.9 Å². The molecule has 0 aliphatic rings.